The fraction of sp³-hybridized carbons (Fsp3) is 0. The van der Waals surface area contributed by atoms with E-state index < -0.39 is 0 Å². The van der Waals surface area contributed by atoms with Crippen molar-refractivity contribution >= 4 is 65.6 Å². The minimum atomic E-state index is 0.619. The summed E-state index contributed by atoms with van der Waals surface area (Å²) in [6.07, 6.45) is 0. The first kappa shape index (κ1) is 27.9. The molecule has 4 heterocycles. The van der Waals surface area contributed by atoms with Gasteiger partial charge in [-0.25, -0.2) is 9.97 Å². The Kier molecular flexibility index (Phi) is 5.89. The van der Waals surface area contributed by atoms with Crippen molar-refractivity contribution in [3.8, 4) is 34.2 Å². The topological polar surface area (TPSA) is 48.8 Å². The van der Waals surface area contributed by atoms with Gasteiger partial charge in [0.05, 0.1) is 33.5 Å². The molecule has 0 saturated carbocycles. The minimum Gasteiger partial charge on any atom is -0.456 e. The maximum Gasteiger partial charge on any atom is 0.235 e. The molecule has 11 rings (SSSR count). The first-order valence-electron chi connectivity index (χ1n) is 17.2. The summed E-state index contributed by atoms with van der Waals surface area (Å²) in [5.41, 5.74) is 11.0. The molecule has 0 amide bonds. The van der Waals surface area contributed by atoms with Gasteiger partial charge < -0.3 is 8.98 Å². The van der Waals surface area contributed by atoms with Crippen LogP contribution < -0.4 is 0 Å². The second-order valence-corrected chi connectivity index (χ2v) is 13.0. The maximum absolute atomic E-state index is 6.31. The normalized spacial score (nSPS) is 11.9. The van der Waals surface area contributed by atoms with Crippen molar-refractivity contribution in [2.75, 3.05) is 0 Å². The number of aromatic nitrogens is 4. The molecule has 0 spiro atoms. The summed E-state index contributed by atoms with van der Waals surface area (Å²) in [4.78, 5) is 10.7. The number of para-hydroxylation sites is 4. The summed E-state index contributed by atoms with van der Waals surface area (Å²) in [6.45, 7) is 0. The van der Waals surface area contributed by atoms with Crippen LogP contribution >= 0.6 is 0 Å². The van der Waals surface area contributed by atoms with Gasteiger partial charge >= 0.3 is 0 Å². The largest absolute Gasteiger partial charge is 0.456 e. The zero-order valence-electron chi connectivity index (χ0n) is 27.4. The molecule has 0 aliphatic carbocycles. The van der Waals surface area contributed by atoms with Gasteiger partial charge in [-0.2, -0.15) is 0 Å². The van der Waals surface area contributed by atoms with E-state index in [1.807, 2.05) is 30.3 Å². The standard InChI is InChI=1S/C46H28N4O/c1-3-14-29(15-4-1)37-28-38(33-21-13-25-44-45(33)34-20-9-12-24-43(34)51-44)48-46(47-37)50-40-23-11-8-19-32(40)36-26-41-35(27-42(36)50)31-18-7-10-22-39(31)49(41)30-16-5-2-6-17-30/h1-28H. The Labute approximate surface area is 292 Å². The second-order valence-electron chi connectivity index (χ2n) is 13.0. The highest BCUT2D eigenvalue weighted by molar-refractivity contribution is 6.19. The molecule has 11 aromatic rings. The number of hydrogen-bond donors (Lipinski definition) is 0. The van der Waals surface area contributed by atoms with Crippen LogP contribution in [-0.4, -0.2) is 19.1 Å². The molecular weight excluding hydrogens is 625 g/mol. The molecular formula is C46H28N4O. The number of rotatable bonds is 4. The van der Waals surface area contributed by atoms with Gasteiger partial charge in [-0.1, -0.05) is 115 Å². The van der Waals surface area contributed by atoms with E-state index >= 15 is 0 Å². The monoisotopic (exact) mass is 652 g/mol. The minimum absolute atomic E-state index is 0.619. The Hall–Kier alpha value is -6.98. The van der Waals surface area contributed by atoms with Crippen molar-refractivity contribution in [1.82, 2.24) is 19.1 Å². The maximum atomic E-state index is 6.31. The zero-order chi connectivity index (χ0) is 33.5. The van der Waals surface area contributed by atoms with E-state index in [1.54, 1.807) is 0 Å². The lowest BCUT2D eigenvalue weighted by Crippen LogP contribution is -2.04. The van der Waals surface area contributed by atoms with Crippen LogP contribution in [0.3, 0.4) is 0 Å². The van der Waals surface area contributed by atoms with Crippen LogP contribution in [0, 0.1) is 0 Å². The smallest absolute Gasteiger partial charge is 0.235 e. The van der Waals surface area contributed by atoms with Crippen LogP contribution in [0.5, 0.6) is 0 Å². The van der Waals surface area contributed by atoms with Crippen LogP contribution in [-0.2, 0) is 0 Å². The van der Waals surface area contributed by atoms with Gasteiger partial charge in [-0.05, 0) is 54.6 Å². The first-order chi connectivity index (χ1) is 25.3. The molecule has 0 fully saturated rings. The predicted molar refractivity (Wildman–Crippen MR) is 209 cm³/mol. The highest BCUT2D eigenvalue weighted by Gasteiger charge is 2.21. The molecule has 0 aliphatic rings. The summed E-state index contributed by atoms with van der Waals surface area (Å²) in [7, 11) is 0. The summed E-state index contributed by atoms with van der Waals surface area (Å²) in [5, 5.41) is 6.80. The van der Waals surface area contributed by atoms with E-state index in [2.05, 4.69) is 149 Å². The molecule has 0 N–H and O–H groups in total. The van der Waals surface area contributed by atoms with Gasteiger partial charge in [0.2, 0.25) is 5.95 Å². The fourth-order valence-electron chi connectivity index (χ4n) is 7.92. The highest BCUT2D eigenvalue weighted by atomic mass is 16.3. The molecule has 0 aliphatic heterocycles. The van der Waals surface area contributed by atoms with E-state index in [9.17, 15) is 0 Å². The Morgan fingerprint density at radius 2 is 0.961 bits per heavy atom. The lowest BCUT2D eigenvalue weighted by atomic mass is 10.0. The Morgan fingerprint density at radius 1 is 0.392 bits per heavy atom. The van der Waals surface area contributed by atoms with E-state index in [1.165, 1.54) is 16.3 Å². The molecule has 5 nitrogen and oxygen atoms in total. The number of nitrogens with zero attached hydrogens (tertiary/aromatic N) is 4. The molecule has 0 radical (unpaired) electrons. The molecule has 4 aromatic heterocycles. The Balaban J connectivity index is 1.25. The van der Waals surface area contributed by atoms with Crippen LogP contribution in [0.1, 0.15) is 0 Å². The second kappa shape index (κ2) is 10.8. The number of benzene rings is 7. The molecule has 0 saturated heterocycles. The van der Waals surface area contributed by atoms with Crippen molar-refractivity contribution in [2.45, 2.75) is 0 Å². The predicted octanol–water partition coefficient (Wildman–Crippen LogP) is 11.9. The fourth-order valence-corrected chi connectivity index (χ4v) is 7.92. The molecule has 51 heavy (non-hydrogen) atoms. The SMILES string of the molecule is c1ccc(-c2cc(-c3cccc4oc5ccccc5c34)nc(-n3c4ccccc4c4cc5c(cc43)c3ccccc3n5-c3ccccc3)n2)cc1. The van der Waals surface area contributed by atoms with Crippen LogP contribution in [0.4, 0.5) is 0 Å². The van der Waals surface area contributed by atoms with E-state index in [4.69, 9.17) is 14.4 Å². The zero-order valence-corrected chi connectivity index (χ0v) is 27.4. The van der Waals surface area contributed by atoms with Crippen molar-refractivity contribution < 1.29 is 4.42 Å². The summed E-state index contributed by atoms with van der Waals surface area (Å²) in [6, 6.07) is 59.4. The van der Waals surface area contributed by atoms with Crippen molar-refractivity contribution in [3.05, 3.63) is 170 Å². The van der Waals surface area contributed by atoms with Gasteiger partial charge in [0, 0.05) is 49.1 Å². The molecule has 0 unspecified atom stereocenters. The highest BCUT2D eigenvalue weighted by Crippen LogP contribution is 2.41. The lowest BCUT2D eigenvalue weighted by molar-refractivity contribution is 0.669. The summed E-state index contributed by atoms with van der Waals surface area (Å²) >= 11 is 0. The average Bonchev–Trinajstić information content (AvgIpc) is 3.85. The van der Waals surface area contributed by atoms with Crippen LogP contribution in [0.25, 0.3) is 99.7 Å². The summed E-state index contributed by atoms with van der Waals surface area (Å²) in [5.74, 6) is 0.619. The van der Waals surface area contributed by atoms with Gasteiger partial charge in [0.1, 0.15) is 11.2 Å². The number of hydrogen-bond acceptors (Lipinski definition) is 3. The first-order valence-corrected chi connectivity index (χ1v) is 17.2. The van der Waals surface area contributed by atoms with Gasteiger partial charge in [-0.15, -0.1) is 0 Å². The Bertz CT molecular complexity index is 3130. The van der Waals surface area contributed by atoms with E-state index in [0.29, 0.717) is 5.95 Å². The molecule has 0 atom stereocenters. The van der Waals surface area contributed by atoms with Crippen molar-refractivity contribution in [3.63, 3.8) is 0 Å². The van der Waals surface area contributed by atoms with Crippen LogP contribution in [0.2, 0.25) is 0 Å². The van der Waals surface area contributed by atoms with Gasteiger partial charge in [0.25, 0.3) is 0 Å². The van der Waals surface area contributed by atoms with E-state index in [0.717, 1.165) is 77.5 Å². The molecule has 0 bridgehead atoms. The quantitative estimate of drug-likeness (QED) is 0.190. The van der Waals surface area contributed by atoms with Crippen molar-refractivity contribution in [1.29, 1.82) is 0 Å². The number of fused-ring (bicyclic) bond motifs is 9. The third-order valence-corrected chi connectivity index (χ3v) is 10.1. The van der Waals surface area contributed by atoms with Crippen molar-refractivity contribution in [2.24, 2.45) is 0 Å². The van der Waals surface area contributed by atoms with E-state index in [-0.39, 0.29) is 0 Å². The third-order valence-electron chi connectivity index (χ3n) is 10.1. The molecule has 7 aromatic carbocycles. The Morgan fingerprint density at radius 3 is 1.71 bits per heavy atom. The van der Waals surface area contributed by atoms with Gasteiger partial charge in [-0.3, -0.25) is 4.57 Å². The lowest BCUT2D eigenvalue weighted by Gasteiger charge is -2.12. The average molecular weight is 653 g/mol. The number of furan rings is 1. The third kappa shape index (κ3) is 4.15. The molecule has 238 valence electrons. The van der Waals surface area contributed by atoms with Gasteiger partial charge in [0.15, 0.2) is 0 Å². The molecule has 5 heteroatoms. The van der Waals surface area contributed by atoms with Crippen LogP contribution in [0.15, 0.2) is 174 Å². The summed E-state index contributed by atoms with van der Waals surface area (Å²) < 4.78 is 10.9.